The molecule has 47 valence electrons. The van der Waals surface area contributed by atoms with Crippen molar-refractivity contribution in [1.29, 1.82) is 0 Å². The molecule has 2 nitrogen and oxygen atoms in total. The topological polar surface area (TPSA) is 22.1 Å². The van der Waals surface area contributed by atoms with Crippen molar-refractivity contribution in [3.05, 3.63) is 24.0 Å². The lowest BCUT2D eigenvalue weighted by atomic mass is 10.3. The van der Waals surface area contributed by atoms with Crippen LogP contribution in [-0.2, 0) is 0 Å². The van der Waals surface area contributed by atoms with Crippen LogP contribution in [0.25, 0.3) is 0 Å². The molecule has 0 amide bonds. The molecule has 0 aliphatic carbocycles. The minimum absolute atomic E-state index is 0.814. The molecule has 0 spiro atoms. The molecular weight excluding hydrogens is 114 g/mol. The third-order valence-corrected chi connectivity index (χ3v) is 1.12. The second-order valence-corrected chi connectivity index (χ2v) is 1.73. The Balaban J connectivity index is 3.01. The molecule has 1 aromatic rings. The van der Waals surface area contributed by atoms with Crippen molar-refractivity contribution in [2.75, 3.05) is 7.11 Å². The maximum atomic E-state index is 4.96. The smallest absolute Gasteiger partial charge is 0.140 e. The van der Waals surface area contributed by atoms with Crippen LogP contribution in [0.3, 0.4) is 0 Å². The van der Waals surface area contributed by atoms with Crippen molar-refractivity contribution in [3.8, 4) is 5.75 Å². The van der Waals surface area contributed by atoms with Gasteiger partial charge in [-0.3, -0.25) is 0 Å². The van der Waals surface area contributed by atoms with E-state index in [1.165, 1.54) is 0 Å². The number of nitrogens with zero attached hydrogens (tertiary/aromatic N) is 1. The zero-order valence-electron chi connectivity index (χ0n) is 5.51. The summed E-state index contributed by atoms with van der Waals surface area (Å²) in [5.74, 6) is 0.814. The lowest BCUT2D eigenvalue weighted by molar-refractivity contribution is 0.409. The first kappa shape index (κ1) is 6.08. The monoisotopic (exact) mass is 122 g/mol. The number of aromatic nitrogens is 1. The summed E-state index contributed by atoms with van der Waals surface area (Å²) in [6.45, 7) is 1.88. The van der Waals surface area contributed by atoms with E-state index in [1.807, 2.05) is 13.0 Å². The van der Waals surface area contributed by atoms with Gasteiger partial charge in [0.1, 0.15) is 5.75 Å². The highest BCUT2D eigenvalue weighted by Gasteiger charge is 1.93. The van der Waals surface area contributed by atoms with Crippen molar-refractivity contribution in [2.45, 2.75) is 6.92 Å². The van der Waals surface area contributed by atoms with Gasteiger partial charge in [0, 0.05) is 0 Å². The molecule has 1 radical (unpaired) electrons. The fraction of sp³-hybridized carbons (Fsp3) is 0.286. The van der Waals surface area contributed by atoms with Crippen molar-refractivity contribution in [1.82, 2.24) is 4.98 Å². The van der Waals surface area contributed by atoms with Crippen molar-refractivity contribution in [2.24, 2.45) is 0 Å². The molecule has 0 fully saturated rings. The van der Waals surface area contributed by atoms with Crippen molar-refractivity contribution in [3.63, 3.8) is 0 Å². The number of pyridine rings is 1. The summed E-state index contributed by atoms with van der Waals surface area (Å²) in [5.41, 5.74) is 0.875. The van der Waals surface area contributed by atoms with Gasteiger partial charge in [-0.15, -0.1) is 0 Å². The van der Waals surface area contributed by atoms with Gasteiger partial charge in [-0.25, -0.2) is 4.98 Å². The summed E-state index contributed by atoms with van der Waals surface area (Å²) in [6, 6.07) is 3.56. The second kappa shape index (κ2) is 2.49. The van der Waals surface area contributed by atoms with E-state index in [-0.39, 0.29) is 0 Å². The van der Waals surface area contributed by atoms with Crippen LogP contribution in [-0.4, -0.2) is 12.1 Å². The first-order valence-electron chi connectivity index (χ1n) is 2.72. The molecule has 0 unspecified atom stereocenters. The quantitative estimate of drug-likeness (QED) is 0.558. The van der Waals surface area contributed by atoms with Crippen LogP contribution in [0.2, 0.25) is 0 Å². The fourth-order valence-corrected chi connectivity index (χ4v) is 0.638. The first-order chi connectivity index (χ1) is 4.34. The maximum absolute atomic E-state index is 4.96. The zero-order valence-corrected chi connectivity index (χ0v) is 5.51. The van der Waals surface area contributed by atoms with Gasteiger partial charge in [0.25, 0.3) is 0 Å². The van der Waals surface area contributed by atoms with Gasteiger partial charge in [0.2, 0.25) is 0 Å². The largest absolute Gasteiger partial charge is 0.495 e. The average Bonchev–Trinajstić information content (AvgIpc) is 1.89. The molecule has 0 bridgehead atoms. The Bertz CT molecular complexity index is 198. The molecule has 0 aliphatic rings. The summed E-state index contributed by atoms with van der Waals surface area (Å²) in [6.07, 6.45) is 2.71. The van der Waals surface area contributed by atoms with Crippen LogP contribution in [0.15, 0.2) is 12.1 Å². The lowest BCUT2D eigenvalue weighted by Gasteiger charge is -1.99. The molecule has 0 aromatic carbocycles. The number of hydrogen-bond donors (Lipinski definition) is 0. The Hall–Kier alpha value is -1.05. The summed E-state index contributed by atoms with van der Waals surface area (Å²) < 4.78 is 4.96. The molecule has 0 aliphatic heterocycles. The van der Waals surface area contributed by atoms with Gasteiger partial charge in [-0.05, 0) is 19.1 Å². The summed E-state index contributed by atoms with van der Waals surface area (Å²) in [5, 5.41) is 0. The van der Waals surface area contributed by atoms with Crippen molar-refractivity contribution < 1.29 is 4.74 Å². The first-order valence-corrected chi connectivity index (χ1v) is 2.72. The van der Waals surface area contributed by atoms with Crippen LogP contribution in [0.5, 0.6) is 5.75 Å². The molecule has 0 saturated carbocycles. The Labute approximate surface area is 54.5 Å². The third kappa shape index (κ3) is 1.19. The summed E-state index contributed by atoms with van der Waals surface area (Å²) in [7, 11) is 1.63. The van der Waals surface area contributed by atoms with Crippen LogP contribution in [0.4, 0.5) is 0 Å². The van der Waals surface area contributed by atoms with Crippen molar-refractivity contribution >= 4 is 0 Å². The number of ether oxygens (including phenoxy) is 1. The van der Waals surface area contributed by atoms with Crippen LogP contribution in [0, 0.1) is 13.1 Å². The number of hydrogen-bond acceptors (Lipinski definition) is 2. The van der Waals surface area contributed by atoms with Gasteiger partial charge >= 0.3 is 0 Å². The molecule has 9 heavy (non-hydrogen) atoms. The summed E-state index contributed by atoms with van der Waals surface area (Å²) >= 11 is 0. The predicted molar refractivity (Wildman–Crippen MR) is 34.4 cm³/mol. The third-order valence-electron chi connectivity index (χ3n) is 1.12. The molecule has 0 saturated heterocycles. The average molecular weight is 122 g/mol. The number of rotatable bonds is 1. The molecule has 1 aromatic heterocycles. The van der Waals surface area contributed by atoms with Gasteiger partial charge in [-0.2, -0.15) is 0 Å². The van der Waals surface area contributed by atoms with Crippen LogP contribution in [0.1, 0.15) is 5.69 Å². The highest BCUT2D eigenvalue weighted by molar-refractivity contribution is 5.24. The molecule has 0 N–H and O–H groups in total. The zero-order chi connectivity index (χ0) is 6.69. The van der Waals surface area contributed by atoms with Gasteiger partial charge in [-0.1, -0.05) is 0 Å². The van der Waals surface area contributed by atoms with E-state index in [2.05, 4.69) is 11.2 Å². The Morgan fingerprint density at radius 2 is 2.44 bits per heavy atom. The molecule has 1 heterocycles. The lowest BCUT2D eigenvalue weighted by Crippen LogP contribution is -1.87. The van der Waals surface area contributed by atoms with E-state index in [9.17, 15) is 0 Å². The Kier molecular flexibility index (Phi) is 1.68. The Morgan fingerprint density at radius 1 is 1.67 bits per heavy atom. The van der Waals surface area contributed by atoms with Gasteiger partial charge in [0.05, 0.1) is 19.0 Å². The van der Waals surface area contributed by atoms with E-state index in [0.29, 0.717) is 0 Å². The van der Waals surface area contributed by atoms with Crippen LogP contribution >= 0.6 is 0 Å². The number of methoxy groups -OCH3 is 1. The molecule has 0 atom stereocenters. The summed E-state index contributed by atoms with van der Waals surface area (Å²) in [4.78, 5) is 3.90. The van der Waals surface area contributed by atoms with Gasteiger partial charge < -0.3 is 4.74 Å². The van der Waals surface area contributed by atoms with E-state index in [4.69, 9.17) is 4.74 Å². The Morgan fingerprint density at radius 3 is 2.89 bits per heavy atom. The molecule has 2 heteroatoms. The number of aryl methyl sites for hydroxylation is 1. The van der Waals surface area contributed by atoms with Crippen LogP contribution < -0.4 is 4.74 Å². The standard InChI is InChI=1S/C7H8NO/c1-6-7(9-2)4-3-5-8-6/h3-4H,1-2H3. The fourth-order valence-electron chi connectivity index (χ4n) is 0.638. The predicted octanol–water partition coefficient (Wildman–Crippen LogP) is 1.20. The SMILES string of the molecule is COc1cc[c]nc1C. The molecule has 1 rings (SSSR count). The normalized spacial score (nSPS) is 9.11. The minimum atomic E-state index is 0.814. The highest BCUT2D eigenvalue weighted by Crippen LogP contribution is 2.11. The second-order valence-electron chi connectivity index (χ2n) is 1.73. The van der Waals surface area contributed by atoms with E-state index >= 15 is 0 Å². The minimum Gasteiger partial charge on any atom is -0.495 e. The molecular formula is C7H8NO. The maximum Gasteiger partial charge on any atom is 0.140 e. The van der Waals surface area contributed by atoms with E-state index in [1.54, 1.807) is 13.2 Å². The van der Waals surface area contributed by atoms with Gasteiger partial charge in [0.15, 0.2) is 0 Å². The van der Waals surface area contributed by atoms with E-state index in [0.717, 1.165) is 11.4 Å². The highest BCUT2D eigenvalue weighted by atomic mass is 16.5. The van der Waals surface area contributed by atoms with E-state index < -0.39 is 0 Å².